The van der Waals surface area contributed by atoms with Crippen LogP contribution in [0.1, 0.15) is 36.2 Å². The van der Waals surface area contributed by atoms with Gasteiger partial charge in [-0.2, -0.15) is 4.98 Å². The number of carbonyl (C=O) groups excluding carboxylic acids is 1. The third kappa shape index (κ3) is 4.59. The molecule has 3 rings (SSSR count). The number of amides is 2. The molecule has 0 bridgehead atoms. The van der Waals surface area contributed by atoms with E-state index in [1.807, 2.05) is 31.2 Å². The molecule has 8 nitrogen and oxygen atoms in total. The Morgan fingerprint density at radius 3 is 3.12 bits per heavy atom. The topological polar surface area (TPSA) is 89.7 Å². The van der Waals surface area contributed by atoms with Crippen LogP contribution in [0.3, 0.4) is 0 Å². The highest BCUT2D eigenvalue weighted by molar-refractivity contribution is 5.89. The molecule has 0 spiro atoms. The van der Waals surface area contributed by atoms with Crippen LogP contribution in [0.25, 0.3) is 0 Å². The number of likely N-dealkylation sites (tertiary alicyclic amines) is 1. The van der Waals surface area contributed by atoms with Crippen molar-refractivity contribution in [1.29, 1.82) is 0 Å². The molecule has 1 atom stereocenters. The third-order valence-corrected chi connectivity index (χ3v) is 4.22. The lowest BCUT2D eigenvalue weighted by Gasteiger charge is -2.22. The maximum Gasteiger partial charge on any atom is 0.322 e. The molecule has 26 heavy (non-hydrogen) atoms. The Morgan fingerprint density at radius 1 is 1.42 bits per heavy atom. The van der Waals surface area contributed by atoms with Crippen LogP contribution in [0.15, 0.2) is 28.8 Å². The zero-order chi connectivity index (χ0) is 18.4. The van der Waals surface area contributed by atoms with Crippen LogP contribution in [-0.4, -0.2) is 47.9 Å². The number of aryl methyl sites for hydroxylation is 1. The molecule has 0 aliphatic carbocycles. The van der Waals surface area contributed by atoms with Crippen LogP contribution < -0.4 is 5.32 Å². The van der Waals surface area contributed by atoms with Gasteiger partial charge in [0.15, 0.2) is 5.82 Å². The van der Waals surface area contributed by atoms with E-state index in [0.29, 0.717) is 31.5 Å². The van der Waals surface area contributed by atoms with Crippen molar-refractivity contribution < 1.29 is 18.8 Å². The summed E-state index contributed by atoms with van der Waals surface area (Å²) in [5, 5.41) is 6.97. The molecule has 0 radical (unpaired) electrons. The van der Waals surface area contributed by atoms with Crippen molar-refractivity contribution >= 4 is 11.7 Å². The molecule has 140 valence electrons. The molecule has 1 aliphatic heterocycles. The molecule has 2 aromatic rings. The Bertz CT molecular complexity index is 733. The molecule has 1 unspecified atom stereocenters. The number of aromatic nitrogens is 2. The van der Waals surface area contributed by atoms with Crippen molar-refractivity contribution in [3.8, 4) is 0 Å². The zero-order valence-electron chi connectivity index (χ0n) is 15.1. The van der Waals surface area contributed by atoms with Crippen LogP contribution in [-0.2, 0) is 16.1 Å². The van der Waals surface area contributed by atoms with E-state index in [-0.39, 0.29) is 18.7 Å². The monoisotopic (exact) mass is 360 g/mol. The first-order chi connectivity index (χ1) is 12.7. The predicted octanol–water partition coefficient (Wildman–Crippen LogP) is 2.91. The fraction of sp³-hybridized carbons (Fsp3) is 0.500. The second-order valence-corrected chi connectivity index (χ2v) is 6.24. The largest absolute Gasteiger partial charge is 0.382 e. The van der Waals surface area contributed by atoms with Crippen LogP contribution >= 0.6 is 0 Å². The van der Waals surface area contributed by atoms with Gasteiger partial charge in [-0.3, -0.25) is 0 Å². The van der Waals surface area contributed by atoms with Gasteiger partial charge in [0.2, 0.25) is 0 Å². The van der Waals surface area contributed by atoms with E-state index in [0.717, 1.165) is 24.1 Å². The van der Waals surface area contributed by atoms with Crippen LogP contribution in [0.2, 0.25) is 0 Å². The van der Waals surface area contributed by atoms with Crippen molar-refractivity contribution in [1.82, 2.24) is 15.0 Å². The first-order valence-corrected chi connectivity index (χ1v) is 8.71. The predicted molar refractivity (Wildman–Crippen MR) is 94.7 cm³/mol. The summed E-state index contributed by atoms with van der Waals surface area (Å²) in [6.45, 7) is 3.86. The SMILES string of the molecule is COCCOCc1nc(C2CCCN2C(=O)Nc2cccc(C)c2)no1. The average molecular weight is 360 g/mol. The molecular formula is C18H24N4O4. The van der Waals surface area contributed by atoms with Gasteiger partial charge < -0.3 is 24.2 Å². The fourth-order valence-electron chi connectivity index (χ4n) is 2.96. The van der Waals surface area contributed by atoms with Gasteiger partial charge in [-0.05, 0) is 37.5 Å². The maximum absolute atomic E-state index is 12.7. The Morgan fingerprint density at radius 2 is 2.31 bits per heavy atom. The van der Waals surface area contributed by atoms with E-state index in [4.69, 9.17) is 14.0 Å². The minimum absolute atomic E-state index is 0.152. The number of benzene rings is 1. The molecule has 1 N–H and O–H groups in total. The zero-order valence-corrected chi connectivity index (χ0v) is 15.1. The normalized spacial score (nSPS) is 16.8. The smallest absolute Gasteiger partial charge is 0.322 e. The summed E-state index contributed by atoms with van der Waals surface area (Å²) in [6.07, 6.45) is 1.71. The van der Waals surface area contributed by atoms with Crippen molar-refractivity contribution in [3.05, 3.63) is 41.5 Å². The quantitative estimate of drug-likeness (QED) is 0.764. The minimum Gasteiger partial charge on any atom is -0.382 e. The number of nitrogens with one attached hydrogen (secondary N) is 1. The Kier molecular flexibility index (Phi) is 6.19. The van der Waals surface area contributed by atoms with Gasteiger partial charge >= 0.3 is 6.03 Å². The van der Waals surface area contributed by atoms with Gasteiger partial charge in [-0.1, -0.05) is 17.3 Å². The highest BCUT2D eigenvalue weighted by Gasteiger charge is 2.33. The molecule has 1 saturated heterocycles. The molecule has 1 aromatic carbocycles. The number of ether oxygens (including phenoxy) is 2. The summed E-state index contributed by atoms with van der Waals surface area (Å²) in [7, 11) is 1.62. The van der Waals surface area contributed by atoms with Crippen molar-refractivity contribution in [2.45, 2.75) is 32.4 Å². The standard InChI is InChI=1S/C18H24N4O4/c1-13-5-3-6-14(11-13)19-18(23)22-8-4-7-15(22)17-20-16(26-21-17)12-25-10-9-24-2/h3,5-6,11,15H,4,7-10,12H2,1-2H3,(H,19,23). The van der Waals surface area contributed by atoms with Crippen molar-refractivity contribution in [3.63, 3.8) is 0 Å². The number of carbonyl (C=O) groups is 1. The van der Waals surface area contributed by atoms with E-state index >= 15 is 0 Å². The number of rotatable bonds is 7. The lowest BCUT2D eigenvalue weighted by atomic mass is 10.2. The summed E-state index contributed by atoms with van der Waals surface area (Å²) in [5.41, 5.74) is 1.87. The van der Waals surface area contributed by atoms with E-state index in [9.17, 15) is 4.79 Å². The fourth-order valence-corrected chi connectivity index (χ4v) is 2.96. The van der Waals surface area contributed by atoms with E-state index in [1.54, 1.807) is 12.0 Å². The van der Waals surface area contributed by atoms with E-state index in [1.165, 1.54) is 0 Å². The van der Waals surface area contributed by atoms with Crippen LogP contribution in [0, 0.1) is 6.92 Å². The van der Waals surface area contributed by atoms with Crippen LogP contribution in [0.5, 0.6) is 0 Å². The molecule has 2 heterocycles. The Hall–Kier alpha value is -2.45. The number of hydrogen-bond donors (Lipinski definition) is 1. The number of methoxy groups -OCH3 is 1. The highest BCUT2D eigenvalue weighted by Crippen LogP contribution is 2.30. The van der Waals surface area contributed by atoms with Gasteiger partial charge in [0.05, 0.1) is 19.3 Å². The summed E-state index contributed by atoms with van der Waals surface area (Å²) in [5.74, 6) is 0.925. The number of nitrogens with zero attached hydrogens (tertiary/aromatic N) is 3. The summed E-state index contributed by atoms with van der Waals surface area (Å²) in [6, 6.07) is 7.38. The third-order valence-electron chi connectivity index (χ3n) is 4.22. The number of urea groups is 1. The molecule has 8 heteroatoms. The molecule has 1 aromatic heterocycles. The molecule has 1 fully saturated rings. The summed E-state index contributed by atoms with van der Waals surface area (Å²) < 4.78 is 15.5. The van der Waals surface area contributed by atoms with E-state index in [2.05, 4.69) is 15.5 Å². The first-order valence-electron chi connectivity index (χ1n) is 8.71. The number of hydrogen-bond acceptors (Lipinski definition) is 6. The summed E-state index contributed by atoms with van der Waals surface area (Å²) in [4.78, 5) is 18.8. The minimum atomic E-state index is -0.184. The Labute approximate surface area is 152 Å². The second kappa shape index (κ2) is 8.77. The van der Waals surface area contributed by atoms with Gasteiger partial charge in [0.25, 0.3) is 5.89 Å². The summed E-state index contributed by atoms with van der Waals surface area (Å²) >= 11 is 0. The number of anilines is 1. The average Bonchev–Trinajstić information content (AvgIpc) is 3.28. The van der Waals surface area contributed by atoms with Crippen molar-refractivity contribution in [2.75, 3.05) is 32.2 Å². The molecular weight excluding hydrogens is 336 g/mol. The lowest BCUT2D eigenvalue weighted by Crippen LogP contribution is -2.34. The van der Waals surface area contributed by atoms with E-state index < -0.39 is 0 Å². The maximum atomic E-state index is 12.7. The lowest BCUT2D eigenvalue weighted by molar-refractivity contribution is 0.0494. The highest BCUT2D eigenvalue weighted by atomic mass is 16.5. The molecule has 2 amide bonds. The molecule has 1 aliphatic rings. The van der Waals surface area contributed by atoms with Gasteiger partial charge in [0.1, 0.15) is 6.61 Å². The van der Waals surface area contributed by atoms with Gasteiger partial charge in [0, 0.05) is 19.3 Å². The second-order valence-electron chi connectivity index (χ2n) is 6.24. The molecule has 0 saturated carbocycles. The van der Waals surface area contributed by atoms with Crippen molar-refractivity contribution in [2.24, 2.45) is 0 Å². The first kappa shape index (κ1) is 18.3. The Balaban J connectivity index is 1.61. The van der Waals surface area contributed by atoms with Crippen LogP contribution in [0.4, 0.5) is 10.5 Å². The van der Waals surface area contributed by atoms with Gasteiger partial charge in [-0.15, -0.1) is 0 Å². The van der Waals surface area contributed by atoms with Gasteiger partial charge in [-0.25, -0.2) is 4.79 Å².